The first kappa shape index (κ1) is 16.4. The van der Waals surface area contributed by atoms with Gasteiger partial charge in [-0.15, -0.1) is 0 Å². The van der Waals surface area contributed by atoms with Crippen molar-refractivity contribution in [2.45, 2.75) is 0 Å². The number of benzene rings is 1. The van der Waals surface area contributed by atoms with Gasteiger partial charge in [-0.05, 0) is 26.2 Å². The number of rotatable bonds is 8. The van der Waals surface area contributed by atoms with Crippen molar-refractivity contribution in [1.82, 2.24) is 10.2 Å². The molecule has 0 aromatic heterocycles. The number of para-hydroxylation sites is 1. The number of amides is 1. The zero-order valence-corrected chi connectivity index (χ0v) is 12.2. The maximum absolute atomic E-state index is 13.5. The lowest BCUT2D eigenvalue weighted by Crippen LogP contribution is -2.29. The molecule has 0 radical (unpaired) electrons. The maximum atomic E-state index is 13.5. The lowest BCUT2D eigenvalue weighted by molar-refractivity contribution is 0.0900. The summed E-state index contributed by atoms with van der Waals surface area (Å²) >= 11 is 0. The van der Waals surface area contributed by atoms with E-state index in [0.717, 1.165) is 6.54 Å². The third-order valence-corrected chi connectivity index (χ3v) is 2.72. The summed E-state index contributed by atoms with van der Waals surface area (Å²) in [5, 5.41) is 5.40. The largest absolute Gasteiger partial charge is 0.385 e. The number of anilines is 1. The standard InChI is InChI=1S/C14H22FN3O2/c1-16-13-11(5-4-6-12(13)15)14(19)17-7-9-20-10-8-18(2)3/h4-6,16H,7-10H2,1-3H3,(H,17,19). The van der Waals surface area contributed by atoms with Gasteiger partial charge in [-0.2, -0.15) is 0 Å². The summed E-state index contributed by atoms with van der Waals surface area (Å²) in [4.78, 5) is 14.0. The second-order valence-electron chi connectivity index (χ2n) is 4.58. The quantitative estimate of drug-likeness (QED) is 0.703. The van der Waals surface area contributed by atoms with Crippen molar-refractivity contribution >= 4 is 11.6 Å². The Morgan fingerprint density at radius 1 is 1.35 bits per heavy atom. The van der Waals surface area contributed by atoms with Gasteiger partial charge in [0.25, 0.3) is 5.91 Å². The average Bonchev–Trinajstić information content (AvgIpc) is 2.41. The Kier molecular flexibility index (Phi) is 6.97. The van der Waals surface area contributed by atoms with E-state index in [0.29, 0.717) is 25.3 Å². The third kappa shape index (κ3) is 5.14. The molecule has 0 fully saturated rings. The zero-order chi connectivity index (χ0) is 15.0. The number of halogens is 1. The number of nitrogens with zero attached hydrogens (tertiary/aromatic N) is 1. The Hall–Kier alpha value is -1.66. The lowest BCUT2D eigenvalue weighted by atomic mass is 10.1. The van der Waals surface area contributed by atoms with Crippen molar-refractivity contribution in [3.05, 3.63) is 29.6 Å². The van der Waals surface area contributed by atoms with E-state index in [1.54, 1.807) is 13.1 Å². The molecule has 0 aliphatic heterocycles. The van der Waals surface area contributed by atoms with Gasteiger partial charge in [0.2, 0.25) is 0 Å². The Labute approximate surface area is 119 Å². The summed E-state index contributed by atoms with van der Waals surface area (Å²) in [6.45, 7) is 2.28. The van der Waals surface area contributed by atoms with Gasteiger partial charge in [-0.3, -0.25) is 4.79 Å². The fourth-order valence-corrected chi connectivity index (χ4v) is 1.65. The van der Waals surface area contributed by atoms with Crippen molar-refractivity contribution in [3.8, 4) is 0 Å². The minimum absolute atomic E-state index is 0.207. The van der Waals surface area contributed by atoms with E-state index in [4.69, 9.17) is 4.74 Å². The van der Waals surface area contributed by atoms with E-state index in [1.807, 2.05) is 19.0 Å². The predicted molar refractivity (Wildman–Crippen MR) is 77.7 cm³/mol. The number of hydrogen-bond donors (Lipinski definition) is 2. The van der Waals surface area contributed by atoms with Crippen LogP contribution in [-0.2, 0) is 4.74 Å². The Balaban J connectivity index is 2.38. The highest BCUT2D eigenvalue weighted by atomic mass is 19.1. The molecule has 0 bridgehead atoms. The number of likely N-dealkylation sites (N-methyl/N-ethyl adjacent to an activating group) is 1. The first-order valence-electron chi connectivity index (χ1n) is 6.53. The fourth-order valence-electron chi connectivity index (χ4n) is 1.65. The van der Waals surface area contributed by atoms with E-state index in [-0.39, 0.29) is 11.6 Å². The number of ether oxygens (including phenoxy) is 1. The summed E-state index contributed by atoms with van der Waals surface area (Å²) in [6, 6.07) is 4.41. The lowest BCUT2D eigenvalue weighted by Gasteiger charge is -2.12. The van der Waals surface area contributed by atoms with E-state index in [9.17, 15) is 9.18 Å². The molecule has 0 saturated carbocycles. The van der Waals surface area contributed by atoms with Crippen LogP contribution in [0.4, 0.5) is 10.1 Å². The highest BCUT2D eigenvalue weighted by molar-refractivity contribution is 5.99. The van der Waals surface area contributed by atoms with E-state index < -0.39 is 5.82 Å². The van der Waals surface area contributed by atoms with Gasteiger partial charge in [0, 0.05) is 20.1 Å². The molecular weight excluding hydrogens is 261 g/mol. The highest BCUT2D eigenvalue weighted by Crippen LogP contribution is 2.18. The zero-order valence-electron chi connectivity index (χ0n) is 12.2. The van der Waals surface area contributed by atoms with Crippen LogP contribution in [0, 0.1) is 5.82 Å². The van der Waals surface area contributed by atoms with Crippen LogP contribution in [0.25, 0.3) is 0 Å². The van der Waals surface area contributed by atoms with Gasteiger partial charge in [0.05, 0.1) is 24.5 Å². The van der Waals surface area contributed by atoms with E-state index in [2.05, 4.69) is 10.6 Å². The van der Waals surface area contributed by atoms with Gasteiger partial charge < -0.3 is 20.3 Å². The number of carbonyl (C=O) groups is 1. The molecule has 1 aromatic rings. The summed E-state index contributed by atoms with van der Waals surface area (Å²) in [6.07, 6.45) is 0. The molecule has 0 aliphatic carbocycles. The summed E-state index contributed by atoms with van der Waals surface area (Å²) in [7, 11) is 5.52. The molecule has 1 aromatic carbocycles. The van der Waals surface area contributed by atoms with Crippen molar-refractivity contribution in [3.63, 3.8) is 0 Å². The maximum Gasteiger partial charge on any atom is 0.253 e. The first-order chi connectivity index (χ1) is 9.56. The normalized spacial score (nSPS) is 10.7. The fraction of sp³-hybridized carbons (Fsp3) is 0.500. The highest BCUT2D eigenvalue weighted by Gasteiger charge is 2.13. The molecule has 0 unspecified atom stereocenters. The molecule has 0 atom stereocenters. The van der Waals surface area contributed by atoms with E-state index in [1.165, 1.54) is 12.1 Å². The molecule has 5 nitrogen and oxygen atoms in total. The summed E-state index contributed by atoms with van der Waals surface area (Å²) < 4.78 is 18.9. The average molecular weight is 283 g/mol. The molecule has 0 spiro atoms. The molecule has 6 heteroatoms. The Bertz CT molecular complexity index is 438. The molecule has 2 N–H and O–H groups in total. The van der Waals surface area contributed by atoms with Gasteiger partial charge >= 0.3 is 0 Å². The molecule has 112 valence electrons. The molecule has 1 amide bonds. The van der Waals surface area contributed by atoms with Crippen molar-refractivity contribution in [2.24, 2.45) is 0 Å². The minimum Gasteiger partial charge on any atom is -0.385 e. The molecule has 0 heterocycles. The smallest absolute Gasteiger partial charge is 0.253 e. The van der Waals surface area contributed by atoms with Crippen molar-refractivity contribution in [2.75, 3.05) is 52.8 Å². The molecule has 0 aliphatic rings. The third-order valence-electron chi connectivity index (χ3n) is 2.72. The van der Waals surface area contributed by atoms with Crippen LogP contribution in [0.2, 0.25) is 0 Å². The van der Waals surface area contributed by atoms with Gasteiger partial charge in [-0.25, -0.2) is 4.39 Å². The van der Waals surface area contributed by atoms with Crippen LogP contribution < -0.4 is 10.6 Å². The summed E-state index contributed by atoms with van der Waals surface area (Å²) in [5.74, 6) is -0.757. The second kappa shape index (κ2) is 8.50. The molecule has 0 saturated heterocycles. The molecule has 20 heavy (non-hydrogen) atoms. The SMILES string of the molecule is CNc1c(F)cccc1C(=O)NCCOCCN(C)C. The van der Waals surface area contributed by atoms with Crippen LogP contribution in [-0.4, -0.2) is 58.3 Å². The number of hydrogen-bond acceptors (Lipinski definition) is 4. The van der Waals surface area contributed by atoms with Crippen LogP contribution >= 0.6 is 0 Å². The van der Waals surface area contributed by atoms with Crippen LogP contribution in [0.15, 0.2) is 18.2 Å². The van der Waals surface area contributed by atoms with Crippen LogP contribution in [0.5, 0.6) is 0 Å². The summed E-state index contributed by atoms with van der Waals surface area (Å²) in [5.41, 5.74) is 0.499. The van der Waals surface area contributed by atoms with Gasteiger partial charge in [0.1, 0.15) is 5.82 Å². The van der Waals surface area contributed by atoms with Gasteiger partial charge in [-0.1, -0.05) is 6.07 Å². The van der Waals surface area contributed by atoms with Crippen molar-refractivity contribution in [1.29, 1.82) is 0 Å². The Morgan fingerprint density at radius 2 is 2.10 bits per heavy atom. The molecular formula is C14H22FN3O2. The first-order valence-corrected chi connectivity index (χ1v) is 6.53. The minimum atomic E-state index is -0.442. The van der Waals surface area contributed by atoms with Crippen LogP contribution in [0.3, 0.4) is 0 Å². The van der Waals surface area contributed by atoms with Crippen molar-refractivity contribution < 1.29 is 13.9 Å². The number of nitrogens with one attached hydrogen (secondary N) is 2. The monoisotopic (exact) mass is 283 g/mol. The topological polar surface area (TPSA) is 53.6 Å². The van der Waals surface area contributed by atoms with Gasteiger partial charge in [0.15, 0.2) is 0 Å². The van der Waals surface area contributed by atoms with Crippen LogP contribution in [0.1, 0.15) is 10.4 Å². The predicted octanol–water partition coefficient (Wildman–Crippen LogP) is 1.18. The number of carbonyl (C=O) groups excluding carboxylic acids is 1. The van der Waals surface area contributed by atoms with E-state index >= 15 is 0 Å². The Morgan fingerprint density at radius 3 is 2.75 bits per heavy atom. The second-order valence-corrected chi connectivity index (χ2v) is 4.58. The molecule has 1 rings (SSSR count).